The van der Waals surface area contributed by atoms with E-state index in [4.69, 9.17) is 19.6 Å². The molecule has 0 aliphatic rings. The molecule has 2 rings (SSSR count). The van der Waals surface area contributed by atoms with Gasteiger partial charge in [0.2, 0.25) is 0 Å². The first-order valence-electron chi connectivity index (χ1n) is 7.13. The summed E-state index contributed by atoms with van der Waals surface area (Å²) in [7, 11) is -7.70. The van der Waals surface area contributed by atoms with E-state index in [1.54, 1.807) is 33.9 Å². The molecule has 2 aromatic rings. The second kappa shape index (κ2) is 13.7. The molecule has 0 aliphatic carbocycles. The van der Waals surface area contributed by atoms with Crippen LogP contribution in [0.25, 0.3) is 0 Å². The number of rotatable bonds is 6. The third-order valence-corrected chi connectivity index (χ3v) is 4.42. The van der Waals surface area contributed by atoms with Gasteiger partial charge >= 0.3 is 15.2 Å². The normalized spacial score (nSPS) is 10.6. The molecule has 0 bridgehead atoms. The molecule has 0 amide bonds. The minimum absolute atomic E-state index is 0. The van der Waals surface area contributed by atoms with E-state index in [1.165, 1.54) is 0 Å². The fourth-order valence-electron chi connectivity index (χ4n) is 1.66. The first-order valence-corrected chi connectivity index (χ1v) is 10.7. The Kier molecular flexibility index (Phi) is 14.6. The number of aromatic nitrogens is 2. The highest BCUT2D eigenvalue weighted by Gasteiger charge is 2.15. The topological polar surface area (TPSA) is 123 Å². The SMILES string of the molecule is O=P(O)(O)CC[n+]1ccccc1.O=P(O)(O)CC[n+]1ccccc1.[Br-].[Br-]. The molecule has 4 N–H and O–H groups in total. The van der Waals surface area contributed by atoms with E-state index in [0.717, 1.165) is 0 Å². The lowest BCUT2D eigenvalue weighted by atomic mass is 10.5. The molecule has 2 heterocycles. The minimum Gasteiger partial charge on any atom is -1.00 e. The fraction of sp³-hybridized carbons (Fsp3) is 0.286. The standard InChI is InChI=1S/2C7H10NO3P.2BrH/c2*9-12(10,11)7-6-8-4-2-1-3-5-8;;/h2*1-5H,6-7H2,(H-,9,10,11);2*1H. The van der Waals surface area contributed by atoms with E-state index in [0.29, 0.717) is 13.1 Å². The molecule has 0 spiro atoms. The van der Waals surface area contributed by atoms with Gasteiger partial charge in [-0.1, -0.05) is 12.1 Å². The summed E-state index contributed by atoms with van der Waals surface area (Å²) in [5, 5.41) is 0. The van der Waals surface area contributed by atoms with Gasteiger partial charge in [-0.25, -0.2) is 9.13 Å². The zero-order valence-electron chi connectivity index (χ0n) is 13.8. The predicted octanol–water partition coefficient (Wildman–Crippen LogP) is -5.69. The molecule has 0 radical (unpaired) electrons. The van der Waals surface area contributed by atoms with Crippen molar-refractivity contribution < 1.29 is 71.8 Å². The van der Waals surface area contributed by atoms with Crippen molar-refractivity contribution in [1.29, 1.82) is 0 Å². The summed E-state index contributed by atoms with van der Waals surface area (Å²) in [5.74, 6) is 0. The number of aryl methyl sites for hydroxylation is 2. The second-order valence-corrected chi connectivity index (χ2v) is 8.56. The Balaban J connectivity index is 0. The predicted molar refractivity (Wildman–Crippen MR) is 87.1 cm³/mol. The van der Waals surface area contributed by atoms with E-state index in [1.807, 2.05) is 36.4 Å². The van der Waals surface area contributed by atoms with Crippen LogP contribution in [0.5, 0.6) is 0 Å². The maximum absolute atomic E-state index is 10.5. The molecule has 12 heteroatoms. The Hall–Kier alpha value is -0.440. The first-order chi connectivity index (χ1) is 11.2. The lowest BCUT2D eigenvalue weighted by Gasteiger charge is -1.99. The van der Waals surface area contributed by atoms with Gasteiger partial charge in [0, 0.05) is 24.3 Å². The van der Waals surface area contributed by atoms with Crippen LogP contribution in [-0.4, -0.2) is 31.9 Å². The van der Waals surface area contributed by atoms with E-state index < -0.39 is 15.2 Å². The Morgan fingerprint density at radius 2 is 0.846 bits per heavy atom. The maximum atomic E-state index is 10.5. The quantitative estimate of drug-likeness (QED) is 0.216. The largest absolute Gasteiger partial charge is 1.00 e. The van der Waals surface area contributed by atoms with Crippen LogP contribution in [0.4, 0.5) is 0 Å². The van der Waals surface area contributed by atoms with Crippen molar-refractivity contribution in [3.63, 3.8) is 0 Å². The zero-order valence-corrected chi connectivity index (χ0v) is 18.7. The number of hydrogen-bond acceptors (Lipinski definition) is 2. The molecule has 0 atom stereocenters. The van der Waals surface area contributed by atoms with Gasteiger partial charge in [-0.2, -0.15) is 0 Å². The molecular weight excluding hydrogens is 514 g/mol. The summed E-state index contributed by atoms with van der Waals surface area (Å²) in [5.41, 5.74) is 0. The van der Waals surface area contributed by atoms with Crippen LogP contribution in [0.3, 0.4) is 0 Å². The van der Waals surface area contributed by atoms with Gasteiger partial charge in [0.05, 0.1) is 0 Å². The summed E-state index contributed by atoms with van der Waals surface area (Å²) < 4.78 is 24.4. The van der Waals surface area contributed by atoms with Gasteiger partial charge in [0.25, 0.3) is 0 Å². The van der Waals surface area contributed by atoms with Crippen molar-refractivity contribution in [2.45, 2.75) is 13.1 Å². The van der Waals surface area contributed by atoms with Crippen molar-refractivity contribution in [3.8, 4) is 0 Å². The summed E-state index contributed by atoms with van der Waals surface area (Å²) in [6, 6.07) is 11.0. The average Bonchev–Trinajstić information content (AvgIpc) is 2.52. The Morgan fingerprint density at radius 1 is 0.577 bits per heavy atom. The lowest BCUT2D eigenvalue weighted by Crippen LogP contribution is -3.00. The van der Waals surface area contributed by atoms with Crippen molar-refractivity contribution in [2.24, 2.45) is 0 Å². The Morgan fingerprint density at radius 3 is 1.08 bits per heavy atom. The average molecular weight is 536 g/mol. The molecule has 0 aliphatic heterocycles. The van der Waals surface area contributed by atoms with Crippen LogP contribution in [0.2, 0.25) is 0 Å². The van der Waals surface area contributed by atoms with Crippen LogP contribution < -0.4 is 43.1 Å². The third kappa shape index (κ3) is 15.8. The monoisotopic (exact) mass is 534 g/mol. The smallest absolute Gasteiger partial charge is 0.331 e. The molecule has 0 unspecified atom stereocenters. The number of pyridine rings is 2. The van der Waals surface area contributed by atoms with Crippen LogP contribution in [0, 0.1) is 0 Å². The molecule has 148 valence electrons. The first kappa shape index (κ1) is 27.8. The summed E-state index contributed by atoms with van der Waals surface area (Å²) >= 11 is 0. The Labute approximate surface area is 173 Å². The molecule has 0 saturated carbocycles. The fourth-order valence-corrected chi connectivity index (χ4v) is 2.64. The van der Waals surface area contributed by atoms with Crippen LogP contribution in [-0.2, 0) is 22.2 Å². The molecule has 0 fully saturated rings. The highest BCUT2D eigenvalue weighted by Crippen LogP contribution is 2.33. The zero-order chi connectivity index (χ0) is 18.1. The van der Waals surface area contributed by atoms with Crippen LogP contribution in [0.1, 0.15) is 0 Å². The molecule has 0 saturated heterocycles. The maximum Gasteiger partial charge on any atom is 0.331 e. The van der Waals surface area contributed by atoms with Gasteiger partial charge < -0.3 is 53.5 Å². The molecule has 2 aromatic heterocycles. The lowest BCUT2D eigenvalue weighted by molar-refractivity contribution is -0.693. The molecule has 8 nitrogen and oxygen atoms in total. The summed E-state index contributed by atoms with van der Waals surface area (Å²) in [6.45, 7) is 0.705. The highest BCUT2D eigenvalue weighted by molar-refractivity contribution is 7.51. The number of nitrogens with zero attached hydrogens (tertiary/aromatic N) is 2. The van der Waals surface area contributed by atoms with Crippen molar-refractivity contribution in [1.82, 2.24) is 0 Å². The van der Waals surface area contributed by atoms with Gasteiger partial charge in [-0.3, -0.25) is 9.13 Å². The van der Waals surface area contributed by atoms with Crippen LogP contribution in [0.15, 0.2) is 61.2 Å². The van der Waals surface area contributed by atoms with Crippen molar-refractivity contribution in [3.05, 3.63) is 61.2 Å². The third-order valence-electron chi connectivity index (χ3n) is 2.85. The van der Waals surface area contributed by atoms with Gasteiger partial charge in [-0.15, -0.1) is 0 Å². The summed E-state index contributed by atoms with van der Waals surface area (Å²) in [6.07, 6.45) is 6.87. The minimum atomic E-state index is -3.85. The molecular formula is C14H22Br2N2O6P2. The van der Waals surface area contributed by atoms with E-state index in [9.17, 15) is 9.13 Å². The van der Waals surface area contributed by atoms with Crippen molar-refractivity contribution in [2.75, 3.05) is 12.3 Å². The van der Waals surface area contributed by atoms with E-state index in [2.05, 4.69) is 0 Å². The molecule has 0 aromatic carbocycles. The van der Waals surface area contributed by atoms with Crippen LogP contribution >= 0.6 is 15.2 Å². The van der Waals surface area contributed by atoms with Gasteiger partial charge in [-0.05, 0) is 0 Å². The Bertz CT molecular complexity index is 636. The second-order valence-electron chi connectivity index (χ2n) is 5.00. The van der Waals surface area contributed by atoms with Gasteiger partial charge in [0.15, 0.2) is 37.9 Å². The highest BCUT2D eigenvalue weighted by atomic mass is 79.9. The van der Waals surface area contributed by atoms with E-state index >= 15 is 0 Å². The number of halogens is 2. The van der Waals surface area contributed by atoms with Crippen molar-refractivity contribution >= 4 is 15.2 Å². The van der Waals surface area contributed by atoms with Gasteiger partial charge in [0.1, 0.15) is 12.3 Å². The molecule has 26 heavy (non-hydrogen) atoms. The van der Waals surface area contributed by atoms with E-state index in [-0.39, 0.29) is 46.3 Å². The number of hydrogen-bond donors (Lipinski definition) is 4. The summed E-state index contributed by atoms with van der Waals surface area (Å²) in [4.78, 5) is 34.3.